The van der Waals surface area contributed by atoms with Crippen LogP contribution in [0.25, 0.3) is 0 Å². The quantitative estimate of drug-likeness (QED) is 0.729. The van der Waals surface area contributed by atoms with Gasteiger partial charge >= 0.3 is 0 Å². The molecule has 1 nitrogen and oxygen atoms in total. The largest absolute Gasteiger partial charge is 0.294 e. The molecule has 86 valence electrons. The molecule has 0 spiro atoms. The zero-order valence-electron chi connectivity index (χ0n) is 9.39. The Kier molecular flexibility index (Phi) is 4.69. The Bertz CT molecular complexity index is 424. The molecule has 0 amide bonds. The van der Waals surface area contributed by atoms with E-state index in [0.717, 1.165) is 5.57 Å². The maximum absolute atomic E-state index is 13.0. The number of benzene rings is 1. The molecule has 1 aromatic carbocycles. The van der Waals surface area contributed by atoms with Gasteiger partial charge in [0.2, 0.25) is 0 Å². The van der Waals surface area contributed by atoms with Crippen LogP contribution in [-0.4, -0.2) is 5.78 Å². The van der Waals surface area contributed by atoms with Gasteiger partial charge in [0.05, 0.1) is 0 Å². The molecular formula is C13H14ClFO. The highest BCUT2D eigenvalue weighted by atomic mass is 35.5. The van der Waals surface area contributed by atoms with E-state index < -0.39 is 0 Å². The lowest BCUT2D eigenvalue weighted by molar-refractivity contribution is -0.115. The number of hydrogen-bond acceptors (Lipinski definition) is 1. The molecule has 0 aliphatic heterocycles. The summed E-state index contributed by atoms with van der Waals surface area (Å²) in [7, 11) is 0. The monoisotopic (exact) mass is 240 g/mol. The first-order valence-corrected chi connectivity index (χ1v) is 5.58. The molecular weight excluding hydrogens is 227 g/mol. The molecule has 0 fully saturated rings. The molecule has 3 heteroatoms. The molecule has 1 aromatic rings. The Morgan fingerprint density at radius 1 is 1.50 bits per heavy atom. The molecule has 0 saturated carbocycles. The van der Waals surface area contributed by atoms with Crippen LogP contribution >= 0.6 is 11.6 Å². The van der Waals surface area contributed by atoms with Crippen molar-refractivity contribution >= 4 is 17.4 Å². The standard InChI is InChI=1S/C13H14ClFO/c1-3-9(4-2)13(16)8-10-7-11(15)5-6-12(10)14/h3,5-7H,4,8H2,1-2H3/b9-3-. The Labute approximate surface area is 99.9 Å². The molecule has 0 unspecified atom stereocenters. The number of rotatable bonds is 4. The van der Waals surface area contributed by atoms with Crippen LogP contribution in [0, 0.1) is 5.82 Å². The summed E-state index contributed by atoms with van der Waals surface area (Å²) in [5.74, 6) is -0.372. The lowest BCUT2D eigenvalue weighted by Crippen LogP contribution is -2.06. The third kappa shape index (κ3) is 3.17. The van der Waals surface area contributed by atoms with E-state index >= 15 is 0 Å². The summed E-state index contributed by atoms with van der Waals surface area (Å²) in [5.41, 5.74) is 1.29. The lowest BCUT2D eigenvalue weighted by Gasteiger charge is -2.05. The summed E-state index contributed by atoms with van der Waals surface area (Å²) in [6, 6.07) is 4.07. The Balaban J connectivity index is 2.88. The summed E-state index contributed by atoms with van der Waals surface area (Å²) >= 11 is 5.89. The van der Waals surface area contributed by atoms with E-state index in [4.69, 9.17) is 11.6 Å². The molecule has 0 heterocycles. The summed E-state index contributed by atoms with van der Waals surface area (Å²) in [6.45, 7) is 3.74. The topological polar surface area (TPSA) is 17.1 Å². The molecule has 16 heavy (non-hydrogen) atoms. The first-order chi connectivity index (χ1) is 7.58. The number of carbonyl (C=O) groups is 1. The van der Waals surface area contributed by atoms with Gasteiger partial charge in [-0.1, -0.05) is 24.6 Å². The third-order valence-corrected chi connectivity index (χ3v) is 2.82. The van der Waals surface area contributed by atoms with Gasteiger partial charge in [0.1, 0.15) is 5.82 Å². The van der Waals surface area contributed by atoms with E-state index in [1.165, 1.54) is 18.2 Å². The number of allylic oxidation sites excluding steroid dienone is 2. The van der Waals surface area contributed by atoms with E-state index in [9.17, 15) is 9.18 Å². The van der Waals surface area contributed by atoms with Crippen molar-refractivity contribution in [2.45, 2.75) is 26.7 Å². The van der Waals surface area contributed by atoms with Gasteiger partial charge in [0.15, 0.2) is 5.78 Å². The van der Waals surface area contributed by atoms with E-state index in [1.807, 2.05) is 13.8 Å². The van der Waals surface area contributed by atoms with Gasteiger partial charge in [-0.2, -0.15) is 0 Å². The second-order valence-corrected chi connectivity index (χ2v) is 3.91. The average Bonchev–Trinajstić information content (AvgIpc) is 2.25. The van der Waals surface area contributed by atoms with Gasteiger partial charge in [-0.05, 0) is 42.7 Å². The smallest absolute Gasteiger partial charge is 0.162 e. The molecule has 0 N–H and O–H groups in total. The van der Waals surface area contributed by atoms with Crippen LogP contribution in [0.4, 0.5) is 4.39 Å². The number of halogens is 2. The summed E-state index contributed by atoms with van der Waals surface area (Å²) in [4.78, 5) is 11.8. The van der Waals surface area contributed by atoms with Crippen molar-refractivity contribution in [2.75, 3.05) is 0 Å². The van der Waals surface area contributed by atoms with Crippen LogP contribution in [0.15, 0.2) is 29.8 Å². The van der Waals surface area contributed by atoms with Crippen molar-refractivity contribution in [1.82, 2.24) is 0 Å². The number of Topliss-reactive ketones (excluding diaryl/α,β-unsaturated/α-hetero) is 1. The van der Waals surface area contributed by atoms with Crippen LogP contribution in [-0.2, 0) is 11.2 Å². The normalized spacial score (nSPS) is 11.6. The highest BCUT2D eigenvalue weighted by molar-refractivity contribution is 6.31. The summed E-state index contributed by atoms with van der Waals surface area (Å²) in [5, 5.41) is 0.432. The molecule has 0 aromatic heterocycles. The minimum Gasteiger partial charge on any atom is -0.294 e. The van der Waals surface area contributed by atoms with Crippen LogP contribution in [0.3, 0.4) is 0 Å². The van der Waals surface area contributed by atoms with Crippen LogP contribution in [0.1, 0.15) is 25.8 Å². The molecule has 0 aliphatic rings. The highest BCUT2D eigenvalue weighted by Gasteiger charge is 2.11. The minimum absolute atomic E-state index is 0.00231. The van der Waals surface area contributed by atoms with Crippen molar-refractivity contribution in [2.24, 2.45) is 0 Å². The predicted octanol–water partition coefficient (Wildman–Crippen LogP) is 3.95. The Hall–Kier alpha value is -1.15. The molecule has 0 radical (unpaired) electrons. The van der Waals surface area contributed by atoms with Gasteiger partial charge in [-0.3, -0.25) is 4.79 Å². The zero-order chi connectivity index (χ0) is 12.1. The van der Waals surface area contributed by atoms with Crippen molar-refractivity contribution in [1.29, 1.82) is 0 Å². The van der Waals surface area contributed by atoms with Gasteiger partial charge in [0, 0.05) is 11.4 Å². The molecule has 0 aliphatic carbocycles. The second kappa shape index (κ2) is 5.80. The van der Waals surface area contributed by atoms with E-state index in [0.29, 0.717) is 17.0 Å². The lowest BCUT2D eigenvalue weighted by atomic mass is 10.0. The fourth-order valence-electron chi connectivity index (χ4n) is 1.53. The van der Waals surface area contributed by atoms with Gasteiger partial charge in [0.25, 0.3) is 0 Å². The third-order valence-electron chi connectivity index (χ3n) is 2.45. The maximum atomic E-state index is 13.0. The van der Waals surface area contributed by atoms with Crippen LogP contribution < -0.4 is 0 Å². The van der Waals surface area contributed by atoms with Crippen molar-refractivity contribution < 1.29 is 9.18 Å². The molecule has 0 atom stereocenters. The maximum Gasteiger partial charge on any atom is 0.162 e. The van der Waals surface area contributed by atoms with Gasteiger partial charge < -0.3 is 0 Å². The SMILES string of the molecule is C/C=C(/CC)C(=O)Cc1cc(F)ccc1Cl. The molecule has 0 bridgehead atoms. The highest BCUT2D eigenvalue weighted by Crippen LogP contribution is 2.19. The predicted molar refractivity (Wildman–Crippen MR) is 64.2 cm³/mol. The number of ketones is 1. The summed E-state index contributed by atoms with van der Waals surface area (Å²) in [6.07, 6.45) is 2.63. The zero-order valence-corrected chi connectivity index (χ0v) is 10.1. The minimum atomic E-state index is -0.370. The van der Waals surface area contributed by atoms with Crippen LogP contribution in [0.5, 0.6) is 0 Å². The fraction of sp³-hybridized carbons (Fsp3) is 0.308. The number of hydrogen-bond donors (Lipinski definition) is 0. The van der Waals surface area contributed by atoms with Gasteiger partial charge in [-0.25, -0.2) is 4.39 Å². The first kappa shape index (κ1) is 12.9. The van der Waals surface area contributed by atoms with Crippen molar-refractivity contribution in [3.05, 3.63) is 46.3 Å². The first-order valence-electron chi connectivity index (χ1n) is 5.20. The van der Waals surface area contributed by atoms with E-state index in [-0.39, 0.29) is 18.0 Å². The van der Waals surface area contributed by atoms with E-state index in [1.54, 1.807) is 6.08 Å². The molecule has 0 saturated heterocycles. The van der Waals surface area contributed by atoms with Crippen LogP contribution in [0.2, 0.25) is 5.02 Å². The van der Waals surface area contributed by atoms with E-state index in [2.05, 4.69) is 0 Å². The van der Waals surface area contributed by atoms with Crippen molar-refractivity contribution in [3.63, 3.8) is 0 Å². The molecule has 1 rings (SSSR count). The summed E-state index contributed by atoms with van der Waals surface area (Å²) < 4.78 is 13.0. The van der Waals surface area contributed by atoms with Gasteiger partial charge in [-0.15, -0.1) is 0 Å². The second-order valence-electron chi connectivity index (χ2n) is 3.50. The Morgan fingerprint density at radius 3 is 2.75 bits per heavy atom. The average molecular weight is 241 g/mol. The van der Waals surface area contributed by atoms with Crippen molar-refractivity contribution in [3.8, 4) is 0 Å². The fourth-order valence-corrected chi connectivity index (χ4v) is 1.71. The number of carbonyl (C=O) groups excluding carboxylic acids is 1. The Morgan fingerprint density at radius 2 is 2.19 bits per heavy atom.